The van der Waals surface area contributed by atoms with Crippen LogP contribution in [0.1, 0.15) is 28.0 Å². The lowest BCUT2D eigenvalue weighted by Gasteiger charge is -2.29. The highest BCUT2D eigenvalue weighted by Crippen LogP contribution is 2.35. The average Bonchev–Trinajstić information content (AvgIpc) is 3.41. The number of alkyl halides is 3. The first-order valence-electron chi connectivity index (χ1n) is 9.33. The number of fused-ring (bicyclic) bond motifs is 2. The normalized spacial score (nSPS) is 14.2. The second-order valence-electron chi connectivity index (χ2n) is 6.98. The first-order valence-corrected chi connectivity index (χ1v) is 10.2. The van der Waals surface area contributed by atoms with Gasteiger partial charge in [-0.25, -0.2) is 9.50 Å². The van der Waals surface area contributed by atoms with Crippen molar-refractivity contribution in [2.45, 2.75) is 19.0 Å². The zero-order chi connectivity index (χ0) is 20.9. The molecule has 5 nitrogen and oxygen atoms in total. The third kappa shape index (κ3) is 3.06. The van der Waals surface area contributed by atoms with Crippen LogP contribution in [0.15, 0.2) is 54.0 Å². The third-order valence-corrected chi connectivity index (χ3v) is 6.01. The number of carbonyl (C=O) groups excluding carboxylic acids is 1. The predicted octanol–water partition coefficient (Wildman–Crippen LogP) is 5.07. The van der Waals surface area contributed by atoms with Crippen LogP contribution >= 0.6 is 11.3 Å². The lowest BCUT2D eigenvalue weighted by molar-refractivity contribution is -0.142. The quantitative estimate of drug-likeness (QED) is 0.448. The topological polar surface area (TPSA) is 50.5 Å². The number of thiophene rings is 1. The molecule has 4 heterocycles. The first-order chi connectivity index (χ1) is 14.4. The summed E-state index contributed by atoms with van der Waals surface area (Å²) in [6, 6.07) is 12.0. The molecule has 1 amide bonds. The van der Waals surface area contributed by atoms with Gasteiger partial charge in [-0.05, 0) is 42.0 Å². The minimum atomic E-state index is -4.64. The van der Waals surface area contributed by atoms with Gasteiger partial charge in [-0.3, -0.25) is 4.79 Å². The molecule has 0 fully saturated rings. The fraction of sp³-hybridized carbons (Fsp3) is 0.190. The molecule has 1 aliphatic rings. The van der Waals surface area contributed by atoms with Gasteiger partial charge in [0.2, 0.25) is 0 Å². The first kappa shape index (κ1) is 18.8. The third-order valence-electron chi connectivity index (χ3n) is 5.12. The van der Waals surface area contributed by atoms with Crippen LogP contribution in [0.2, 0.25) is 0 Å². The molecule has 0 bridgehead atoms. The zero-order valence-electron chi connectivity index (χ0n) is 15.6. The zero-order valence-corrected chi connectivity index (χ0v) is 16.4. The highest BCUT2D eigenvalue weighted by Gasteiger charge is 2.36. The van der Waals surface area contributed by atoms with Gasteiger partial charge >= 0.3 is 6.18 Å². The van der Waals surface area contributed by atoms with Crippen LogP contribution in [0.4, 0.5) is 18.9 Å². The molecule has 1 aliphatic heterocycles. The molecule has 152 valence electrons. The summed E-state index contributed by atoms with van der Waals surface area (Å²) in [5.74, 6) is -0.402. The van der Waals surface area contributed by atoms with Gasteiger partial charge in [-0.2, -0.15) is 18.3 Å². The predicted molar refractivity (Wildman–Crippen MR) is 108 cm³/mol. The van der Waals surface area contributed by atoms with Crippen molar-refractivity contribution >= 4 is 28.6 Å². The van der Waals surface area contributed by atoms with Crippen molar-refractivity contribution in [3.8, 4) is 10.6 Å². The fourth-order valence-electron chi connectivity index (χ4n) is 3.76. The summed E-state index contributed by atoms with van der Waals surface area (Å²) in [5.41, 5.74) is 0.972. The second kappa shape index (κ2) is 6.94. The minimum Gasteiger partial charge on any atom is -0.308 e. The molecule has 30 heavy (non-hydrogen) atoms. The largest absolute Gasteiger partial charge is 0.433 e. The van der Waals surface area contributed by atoms with E-state index in [-0.39, 0.29) is 16.9 Å². The van der Waals surface area contributed by atoms with Crippen LogP contribution in [0, 0.1) is 0 Å². The molecule has 5 rings (SSSR count). The molecule has 0 atom stereocenters. The Morgan fingerprint density at radius 3 is 2.73 bits per heavy atom. The van der Waals surface area contributed by atoms with Gasteiger partial charge in [0.15, 0.2) is 11.3 Å². The smallest absolute Gasteiger partial charge is 0.308 e. The molecule has 0 spiro atoms. The lowest BCUT2D eigenvalue weighted by atomic mass is 10.0. The SMILES string of the molecule is O=C(c1cnn2c(C(F)(F)F)cc(-c3cccs3)nc12)N1CCCc2ccccc21. The van der Waals surface area contributed by atoms with E-state index < -0.39 is 17.8 Å². The number of amides is 1. The van der Waals surface area contributed by atoms with Gasteiger partial charge in [0, 0.05) is 12.2 Å². The fourth-order valence-corrected chi connectivity index (χ4v) is 4.44. The van der Waals surface area contributed by atoms with E-state index in [1.165, 1.54) is 17.5 Å². The Morgan fingerprint density at radius 1 is 1.13 bits per heavy atom. The molecular formula is C21H15F3N4OS. The van der Waals surface area contributed by atoms with E-state index in [0.717, 1.165) is 30.2 Å². The molecule has 0 aliphatic carbocycles. The number of aryl methyl sites for hydroxylation is 1. The van der Waals surface area contributed by atoms with Crippen LogP contribution in [0.5, 0.6) is 0 Å². The number of halogens is 3. The summed E-state index contributed by atoms with van der Waals surface area (Å²) in [5, 5.41) is 5.63. The maximum absolute atomic E-state index is 13.7. The van der Waals surface area contributed by atoms with Crippen molar-refractivity contribution in [2.75, 3.05) is 11.4 Å². The Labute approximate surface area is 173 Å². The molecule has 1 aromatic carbocycles. The van der Waals surface area contributed by atoms with Crippen LogP contribution in [-0.4, -0.2) is 27.0 Å². The van der Waals surface area contributed by atoms with Crippen molar-refractivity contribution in [2.24, 2.45) is 0 Å². The molecule has 0 N–H and O–H groups in total. The lowest BCUT2D eigenvalue weighted by Crippen LogP contribution is -2.35. The van der Waals surface area contributed by atoms with E-state index in [2.05, 4.69) is 10.1 Å². The highest BCUT2D eigenvalue weighted by atomic mass is 32.1. The Hall–Kier alpha value is -3.20. The summed E-state index contributed by atoms with van der Waals surface area (Å²) < 4.78 is 41.9. The van der Waals surface area contributed by atoms with Gasteiger partial charge in [0.05, 0.1) is 16.8 Å². The standard InChI is InChI=1S/C21H15F3N4OS/c22-21(23,24)18-11-15(17-8-4-10-30-17)26-19-14(12-25-28(18)19)20(29)27-9-3-6-13-5-1-2-7-16(13)27/h1-2,4-5,7-8,10-12H,3,6,9H2. The van der Waals surface area contributed by atoms with Crippen molar-refractivity contribution in [1.82, 2.24) is 14.6 Å². The molecule has 0 saturated heterocycles. The molecule has 0 unspecified atom stereocenters. The van der Waals surface area contributed by atoms with Crippen LogP contribution in [0.3, 0.4) is 0 Å². The van der Waals surface area contributed by atoms with Crippen molar-refractivity contribution in [1.29, 1.82) is 0 Å². The summed E-state index contributed by atoms with van der Waals surface area (Å²) in [7, 11) is 0. The number of hydrogen-bond donors (Lipinski definition) is 0. The van der Waals surface area contributed by atoms with E-state index in [9.17, 15) is 18.0 Å². The Balaban J connectivity index is 1.68. The Kier molecular flexibility index (Phi) is 4.35. The maximum Gasteiger partial charge on any atom is 0.433 e. The van der Waals surface area contributed by atoms with E-state index in [1.807, 2.05) is 24.3 Å². The van der Waals surface area contributed by atoms with E-state index >= 15 is 0 Å². The van der Waals surface area contributed by atoms with E-state index in [1.54, 1.807) is 22.4 Å². The maximum atomic E-state index is 13.7. The van der Waals surface area contributed by atoms with Gasteiger partial charge in [0.25, 0.3) is 5.91 Å². The Bertz CT molecular complexity index is 1250. The van der Waals surface area contributed by atoms with Gasteiger partial charge < -0.3 is 4.90 Å². The Morgan fingerprint density at radius 2 is 1.97 bits per heavy atom. The van der Waals surface area contributed by atoms with Crippen LogP contribution in [-0.2, 0) is 12.6 Å². The van der Waals surface area contributed by atoms with E-state index in [4.69, 9.17) is 0 Å². The second-order valence-corrected chi connectivity index (χ2v) is 7.93. The summed E-state index contributed by atoms with van der Waals surface area (Å²) in [4.78, 5) is 19.9. The van der Waals surface area contributed by atoms with Gasteiger partial charge in [-0.1, -0.05) is 24.3 Å². The van der Waals surface area contributed by atoms with Crippen molar-refractivity contribution in [3.63, 3.8) is 0 Å². The van der Waals surface area contributed by atoms with Gasteiger partial charge in [0.1, 0.15) is 5.56 Å². The number of para-hydroxylation sites is 1. The van der Waals surface area contributed by atoms with Crippen molar-refractivity contribution in [3.05, 3.63) is 70.9 Å². The molecule has 4 aromatic rings. The summed E-state index contributed by atoms with van der Waals surface area (Å²) in [6.45, 7) is 0.490. The van der Waals surface area contributed by atoms with Crippen LogP contribution < -0.4 is 4.90 Å². The minimum absolute atomic E-state index is 0.0515. The number of nitrogens with zero attached hydrogens (tertiary/aromatic N) is 4. The van der Waals surface area contributed by atoms with E-state index in [0.29, 0.717) is 15.9 Å². The number of rotatable bonds is 2. The summed E-state index contributed by atoms with van der Waals surface area (Å²) >= 11 is 1.28. The number of aromatic nitrogens is 3. The number of hydrogen-bond acceptors (Lipinski definition) is 4. The molecule has 0 radical (unpaired) electrons. The van der Waals surface area contributed by atoms with Gasteiger partial charge in [-0.15, -0.1) is 11.3 Å². The summed E-state index contributed by atoms with van der Waals surface area (Å²) in [6.07, 6.45) is -1.83. The highest BCUT2D eigenvalue weighted by molar-refractivity contribution is 7.13. The monoisotopic (exact) mass is 428 g/mol. The number of anilines is 1. The van der Waals surface area contributed by atoms with Crippen molar-refractivity contribution < 1.29 is 18.0 Å². The number of carbonyl (C=O) groups is 1. The molecule has 3 aromatic heterocycles. The average molecular weight is 428 g/mol. The molecule has 9 heteroatoms. The molecule has 0 saturated carbocycles. The number of benzene rings is 1. The molecular weight excluding hydrogens is 413 g/mol. The van der Waals surface area contributed by atoms with Crippen LogP contribution in [0.25, 0.3) is 16.2 Å².